The third kappa shape index (κ3) is 2.12. The Morgan fingerprint density at radius 1 is 1.44 bits per heavy atom. The minimum absolute atomic E-state index is 0.112. The fraction of sp³-hybridized carbons (Fsp3) is 0.333. The Hall–Kier alpha value is -1.68. The van der Waals surface area contributed by atoms with E-state index in [1.807, 2.05) is 42.3 Å². The van der Waals surface area contributed by atoms with Gasteiger partial charge in [-0.1, -0.05) is 6.07 Å². The number of hydrogen-bond acceptors (Lipinski definition) is 3. The van der Waals surface area contributed by atoms with E-state index >= 15 is 0 Å². The van der Waals surface area contributed by atoms with Gasteiger partial charge in [-0.2, -0.15) is 5.10 Å². The van der Waals surface area contributed by atoms with Gasteiger partial charge in [0.05, 0.1) is 17.9 Å². The zero-order chi connectivity index (χ0) is 11.4. The van der Waals surface area contributed by atoms with Gasteiger partial charge < -0.3 is 5.32 Å². The zero-order valence-corrected chi connectivity index (χ0v) is 9.59. The van der Waals surface area contributed by atoms with Crippen molar-refractivity contribution >= 4 is 0 Å². The van der Waals surface area contributed by atoms with Crippen LogP contribution in [0.25, 0.3) is 0 Å². The van der Waals surface area contributed by atoms with E-state index in [-0.39, 0.29) is 6.04 Å². The number of aryl methyl sites for hydroxylation is 1. The Labute approximate surface area is 95.3 Å². The highest BCUT2D eigenvalue weighted by molar-refractivity contribution is 5.23. The standard InChI is InChI=1S/C12H16N4/c1-3-16-9-10(8-15-16)12(13-2)11-6-4-5-7-14-11/h4-9,12-13H,3H2,1-2H3. The number of hydrogen-bond donors (Lipinski definition) is 1. The molecule has 2 aromatic rings. The van der Waals surface area contributed by atoms with E-state index in [1.54, 1.807) is 0 Å². The van der Waals surface area contributed by atoms with Gasteiger partial charge in [0.2, 0.25) is 0 Å². The molecule has 0 spiro atoms. The van der Waals surface area contributed by atoms with Crippen LogP contribution in [0.2, 0.25) is 0 Å². The van der Waals surface area contributed by atoms with Crippen molar-refractivity contribution in [3.63, 3.8) is 0 Å². The first kappa shape index (κ1) is 10.8. The Bertz CT molecular complexity index is 435. The lowest BCUT2D eigenvalue weighted by molar-refractivity contribution is 0.649. The Morgan fingerprint density at radius 2 is 2.31 bits per heavy atom. The maximum Gasteiger partial charge on any atom is 0.0779 e. The van der Waals surface area contributed by atoms with Gasteiger partial charge in [0, 0.05) is 24.5 Å². The smallest absolute Gasteiger partial charge is 0.0779 e. The molecule has 0 saturated heterocycles. The monoisotopic (exact) mass is 216 g/mol. The van der Waals surface area contributed by atoms with Crippen molar-refractivity contribution in [3.05, 3.63) is 48.0 Å². The van der Waals surface area contributed by atoms with E-state index in [2.05, 4.69) is 28.5 Å². The van der Waals surface area contributed by atoms with Gasteiger partial charge in [0.15, 0.2) is 0 Å². The molecule has 2 heterocycles. The summed E-state index contributed by atoms with van der Waals surface area (Å²) >= 11 is 0. The van der Waals surface area contributed by atoms with E-state index in [1.165, 1.54) is 0 Å². The summed E-state index contributed by atoms with van der Waals surface area (Å²) in [6.45, 7) is 2.96. The van der Waals surface area contributed by atoms with Crippen LogP contribution in [0.4, 0.5) is 0 Å². The molecule has 1 atom stereocenters. The summed E-state index contributed by atoms with van der Waals surface area (Å²) in [5.74, 6) is 0. The number of nitrogens with zero attached hydrogens (tertiary/aromatic N) is 3. The van der Waals surface area contributed by atoms with Gasteiger partial charge >= 0.3 is 0 Å². The molecule has 0 saturated carbocycles. The summed E-state index contributed by atoms with van der Waals surface area (Å²) in [5, 5.41) is 7.53. The second-order valence-corrected chi connectivity index (χ2v) is 3.61. The van der Waals surface area contributed by atoms with Gasteiger partial charge in [-0.3, -0.25) is 9.67 Å². The van der Waals surface area contributed by atoms with Crippen LogP contribution in [-0.4, -0.2) is 21.8 Å². The molecule has 0 radical (unpaired) electrons. The van der Waals surface area contributed by atoms with E-state index in [9.17, 15) is 0 Å². The largest absolute Gasteiger partial charge is 0.308 e. The molecular formula is C12H16N4. The van der Waals surface area contributed by atoms with Crippen LogP contribution < -0.4 is 5.32 Å². The van der Waals surface area contributed by atoms with Crippen molar-refractivity contribution in [2.45, 2.75) is 19.5 Å². The van der Waals surface area contributed by atoms with Crippen LogP contribution >= 0.6 is 0 Å². The number of pyridine rings is 1. The highest BCUT2D eigenvalue weighted by Gasteiger charge is 2.14. The number of aromatic nitrogens is 3. The minimum Gasteiger partial charge on any atom is -0.308 e. The number of rotatable bonds is 4. The molecule has 0 aliphatic rings. The summed E-state index contributed by atoms with van der Waals surface area (Å²) in [6.07, 6.45) is 5.75. The fourth-order valence-corrected chi connectivity index (χ4v) is 1.73. The van der Waals surface area contributed by atoms with Crippen LogP contribution in [0.5, 0.6) is 0 Å². The highest BCUT2D eigenvalue weighted by atomic mass is 15.3. The molecule has 2 aromatic heterocycles. The predicted octanol–water partition coefficient (Wildman–Crippen LogP) is 1.61. The van der Waals surface area contributed by atoms with Gasteiger partial charge in [-0.25, -0.2) is 0 Å². The summed E-state index contributed by atoms with van der Waals surface area (Å²) in [7, 11) is 1.93. The molecular weight excluding hydrogens is 200 g/mol. The lowest BCUT2D eigenvalue weighted by Gasteiger charge is -2.13. The topological polar surface area (TPSA) is 42.7 Å². The Balaban J connectivity index is 2.29. The quantitative estimate of drug-likeness (QED) is 0.844. The third-order valence-corrected chi connectivity index (χ3v) is 2.58. The van der Waals surface area contributed by atoms with Gasteiger partial charge in [0.1, 0.15) is 0 Å². The predicted molar refractivity (Wildman–Crippen MR) is 63.0 cm³/mol. The molecule has 0 bridgehead atoms. The van der Waals surface area contributed by atoms with Crippen LogP contribution in [-0.2, 0) is 6.54 Å². The summed E-state index contributed by atoms with van der Waals surface area (Å²) in [4.78, 5) is 4.36. The minimum atomic E-state index is 0.112. The molecule has 0 fully saturated rings. The van der Waals surface area contributed by atoms with Gasteiger partial charge in [-0.15, -0.1) is 0 Å². The van der Waals surface area contributed by atoms with Crippen LogP contribution in [0.3, 0.4) is 0 Å². The average molecular weight is 216 g/mol. The molecule has 4 nitrogen and oxygen atoms in total. The zero-order valence-electron chi connectivity index (χ0n) is 9.59. The maximum atomic E-state index is 4.36. The lowest BCUT2D eigenvalue weighted by Crippen LogP contribution is -2.18. The van der Waals surface area contributed by atoms with Crippen molar-refractivity contribution in [1.29, 1.82) is 0 Å². The van der Waals surface area contributed by atoms with Crippen molar-refractivity contribution in [1.82, 2.24) is 20.1 Å². The summed E-state index contributed by atoms with van der Waals surface area (Å²) in [6, 6.07) is 6.05. The normalized spacial score (nSPS) is 12.6. The molecule has 0 amide bonds. The van der Waals surface area contributed by atoms with Crippen molar-refractivity contribution < 1.29 is 0 Å². The molecule has 0 aliphatic carbocycles. The second-order valence-electron chi connectivity index (χ2n) is 3.61. The first-order chi connectivity index (χ1) is 7.85. The Kier molecular flexibility index (Phi) is 3.31. The lowest BCUT2D eigenvalue weighted by atomic mass is 10.1. The molecule has 1 unspecified atom stereocenters. The van der Waals surface area contributed by atoms with E-state index < -0.39 is 0 Å². The SMILES string of the molecule is CCn1cc(C(NC)c2ccccn2)cn1. The first-order valence-electron chi connectivity index (χ1n) is 5.45. The number of nitrogens with one attached hydrogen (secondary N) is 1. The molecule has 16 heavy (non-hydrogen) atoms. The van der Waals surface area contributed by atoms with Gasteiger partial charge in [0.25, 0.3) is 0 Å². The van der Waals surface area contributed by atoms with E-state index in [4.69, 9.17) is 0 Å². The third-order valence-electron chi connectivity index (χ3n) is 2.58. The maximum absolute atomic E-state index is 4.36. The van der Waals surface area contributed by atoms with E-state index in [0.717, 1.165) is 17.8 Å². The summed E-state index contributed by atoms with van der Waals surface area (Å²) in [5.41, 5.74) is 2.16. The van der Waals surface area contributed by atoms with Crippen molar-refractivity contribution in [2.24, 2.45) is 0 Å². The Morgan fingerprint density at radius 3 is 2.88 bits per heavy atom. The molecule has 0 aliphatic heterocycles. The molecule has 2 rings (SSSR count). The first-order valence-corrected chi connectivity index (χ1v) is 5.45. The molecule has 84 valence electrons. The molecule has 1 N–H and O–H groups in total. The van der Waals surface area contributed by atoms with Crippen molar-refractivity contribution in [3.8, 4) is 0 Å². The van der Waals surface area contributed by atoms with Crippen LogP contribution in [0.15, 0.2) is 36.8 Å². The molecule has 0 aromatic carbocycles. The fourth-order valence-electron chi connectivity index (χ4n) is 1.73. The van der Waals surface area contributed by atoms with Crippen LogP contribution in [0, 0.1) is 0 Å². The van der Waals surface area contributed by atoms with Crippen molar-refractivity contribution in [2.75, 3.05) is 7.05 Å². The molecule has 4 heteroatoms. The highest BCUT2D eigenvalue weighted by Crippen LogP contribution is 2.18. The van der Waals surface area contributed by atoms with Gasteiger partial charge in [-0.05, 0) is 26.1 Å². The summed E-state index contributed by atoms with van der Waals surface area (Å²) < 4.78 is 1.92. The van der Waals surface area contributed by atoms with E-state index in [0.29, 0.717) is 0 Å². The second kappa shape index (κ2) is 4.90. The average Bonchev–Trinajstić information content (AvgIpc) is 2.80. The van der Waals surface area contributed by atoms with Crippen LogP contribution in [0.1, 0.15) is 24.2 Å².